The number of rotatable bonds is 0. The van der Waals surface area contributed by atoms with E-state index in [2.05, 4.69) is 10.3 Å². The van der Waals surface area contributed by atoms with Crippen molar-refractivity contribution in [2.24, 2.45) is 0 Å². The first-order valence-corrected chi connectivity index (χ1v) is 4.84. The average Bonchev–Trinajstić information content (AvgIpc) is 2.60. The lowest BCUT2D eigenvalue weighted by atomic mass is 10.0. The maximum atomic E-state index is 13.4. The predicted octanol–water partition coefficient (Wildman–Crippen LogP) is 1.59. The van der Waals surface area contributed by atoms with Crippen molar-refractivity contribution in [1.82, 2.24) is 10.3 Å². The summed E-state index contributed by atoms with van der Waals surface area (Å²) in [7, 11) is 0. The number of carbonyl (C=O) groups excluding carboxylic acids is 1. The Labute approximate surface area is 85.3 Å². The number of nitrogens with one attached hydrogen (secondary N) is 2. The minimum Gasteiger partial charge on any atom is -0.350 e. The predicted molar refractivity (Wildman–Crippen MR) is 54.3 cm³/mol. The standard InChI is InChI=1S/C11H9FN2O/c12-8-3-1-2-6-7-4-5-13-11(15)10(7)14-9(6)8/h1-3,14H,4-5H2,(H,13,15). The summed E-state index contributed by atoms with van der Waals surface area (Å²) in [4.78, 5) is 14.3. The van der Waals surface area contributed by atoms with Crippen LogP contribution in [0.1, 0.15) is 16.1 Å². The number of hydrogen-bond donors (Lipinski definition) is 2. The molecule has 0 saturated carbocycles. The van der Waals surface area contributed by atoms with Gasteiger partial charge >= 0.3 is 0 Å². The van der Waals surface area contributed by atoms with Crippen LogP contribution in [0.25, 0.3) is 10.9 Å². The van der Waals surface area contributed by atoms with Crippen molar-refractivity contribution in [2.75, 3.05) is 6.54 Å². The van der Waals surface area contributed by atoms with Gasteiger partial charge in [-0.25, -0.2) is 4.39 Å². The molecule has 2 heterocycles. The first-order chi connectivity index (χ1) is 7.27. The van der Waals surface area contributed by atoms with E-state index in [-0.39, 0.29) is 11.7 Å². The Balaban J connectivity index is 2.40. The number of aromatic nitrogens is 1. The Hall–Kier alpha value is -1.84. The SMILES string of the molecule is O=C1NCCc2c1[nH]c1c(F)cccc21. The zero-order valence-corrected chi connectivity index (χ0v) is 7.93. The quantitative estimate of drug-likeness (QED) is 0.672. The molecule has 0 bridgehead atoms. The van der Waals surface area contributed by atoms with Crippen LogP contribution < -0.4 is 5.32 Å². The van der Waals surface area contributed by atoms with Crippen LogP contribution >= 0.6 is 0 Å². The van der Waals surface area contributed by atoms with Crippen molar-refractivity contribution in [3.8, 4) is 0 Å². The summed E-state index contributed by atoms with van der Waals surface area (Å²) in [5.41, 5.74) is 1.86. The molecular formula is C11H9FN2O. The monoisotopic (exact) mass is 204 g/mol. The van der Waals surface area contributed by atoms with Crippen LogP contribution in [0, 0.1) is 5.82 Å². The zero-order chi connectivity index (χ0) is 10.4. The molecule has 3 nitrogen and oxygen atoms in total. The summed E-state index contributed by atoms with van der Waals surface area (Å²) in [6, 6.07) is 4.90. The van der Waals surface area contributed by atoms with Gasteiger partial charge in [-0.05, 0) is 18.1 Å². The molecule has 0 aliphatic carbocycles. The van der Waals surface area contributed by atoms with Gasteiger partial charge in [0.15, 0.2) is 0 Å². The molecule has 76 valence electrons. The first kappa shape index (κ1) is 8.47. The molecule has 1 aliphatic rings. The lowest BCUT2D eigenvalue weighted by Gasteiger charge is -2.11. The van der Waals surface area contributed by atoms with Crippen LogP contribution in [0.15, 0.2) is 18.2 Å². The summed E-state index contributed by atoms with van der Waals surface area (Å²) in [5, 5.41) is 3.55. The molecule has 1 aromatic heterocycles. The number of aromatic amines is 1. The molecule has 1 aliphatic heterocycles. The zero-order valence-electron chi connectivity index (χ0n) is 7.93. The van der Waals surface area contributed by atoms with E-state index in [9.17, 15) is 9.18 Å². The molecule has 4 heteroatoms. The maximum absolute atomic E-state index is 13.4. The highest BCUT2D eigenvalue weighted by molar-refractivity contribution is 6.02. The van der Waals surface area contributed by atoms with Gasteiger partial charge in [-0.1, -0.05) is 12.1 Å². The van der Waals surface area contributed by atoms with E-state index < -0.39 is 0 Å². The normalized spacial score (nSPS) is 15.1. The molecule has 2 N–H and O–H groups in total. The number of amides is 1. The van der Waals surface area contributed by atoms with E-state index >= 15 is 0 Å². The topological polar surface area (TPSA) is 44.9 Å². The largest absolute Gasteiger partial charge is 0.350 e. The number of benzene rings is 1. The molecule has 2 aromatic rings. The Morgan fingerprint density at radius 1 is 1.33 bits per heavy atom. The minimum atomic E-state index is -0.310. The van der Waals surface area contributed by atoms with Crippen molar-refractivity contribution in [3.05, 3.63) is 35.3 Å². The summed E-state index contributed by atoms with van der Waals surface area (Å²) in [5.74, 6) is -0.457. The smallest absolute Gasteiger partial charge is 0.268 e. The third-order valence-electron chi connectivity index (χ3n) is 2.78. The maximum Gasteiger partial charge on any atom is 0.268 e. The number of H-pyrrole nitrogens is 1. The average molecular weight is 204 g/mol. The van der Waals surface area contributed by atoms with Crippen molar-refractivity contribution in [1.29, 1.82) is 0 Å². The highest BCUT2D eigenvalue weighted by Gasteiger charge is 2.22. The van der Waals surface area contributed by atoms with Crippen LogP contribution in [0.3, 0.4) is 0 Å². The molecule has 0 saturated heterocycles. The van der Waals surface area contributed by atoms with Gasteiger partial charge in [0.05, 0.1) is 5.52 Å². The van der Waals surface area contributed by atoms with Gasteiger partial charge in [0.1, 0.15) is 11.5 Å². The van der Waals surface area contributed by atoms with E-state index in [1.807, 2.05) is 6.07 Å². The Morgan fingerprint density at radius 3 is 3.07 bits per heavy atom. The second-order valence-electron chi connectivity index (χ2n) is 3.65. The Bertz CT molecular complexity index is 559. The second kappa shape index (κ2) is 2.82. The van der Waals surface area contributed by atoms with Crippen LogP contribution in [-0.2, 0) is 6.42 Å². The van der Waals surface area contributed by atoms with Crippen molar-refractivity contribution in [3.63, 3.8) is 0 Å². The van der Waals surface area contributed by atoms with E-state index in [1.54, 1.807) is 6.07 Å². The van der Waals surface area contributed by atoms with E-state index in [1.165, 1.54) is 6.07 Å². The van der Waals surface area contributed by atoms with Gasteiger partial charge in [0.25, 0.3) is 5.91 Å². The van der Waals surface area contributed by atoms with E-state index in [0.717, 1.165) is 17.4 Å². The molecule has 1 amide bonds. The number of hydrogen-bond acceptors (Lipinski definition) is 1. The van der Waals surface area contributed by atoms with Gasteiger partial charge in [-0.3, -0.25) is 4.79 Å². The summed E-state index contributed by atoms with van der Waals surface area (Å²) in [6.45, 7) is 0.620. The van der Waals surface area contributed by atoms with Gasteiger partial charge in [0.2, 0.25) is 0 Å². The van der Waals surface area contributed by atoms with Crippen LogP contribution in [0.5, 0.6) is 0 Å². The molecule has 0 fully saturated rings. The molecule has 15 heavy (non-hydrogen) atoms. The molecular weight excluding hydrogens is 195 g/mol. The minimum absolute atomic E-state index is 0.146. The second-order valence-corrected chi connectivity index (χ2v) is 3.65. The van der Waals surface area contributed by atoms with E-state index in [0.29, 0.717) is 17.8 Å². The molecule has 1 aromatic carbocycles. The van der Waals surface area contributed by atoms with Crippen LogP contribution in [-0.4, -0.2) is 17.4 Å². The number of para-hydroxylation sites is 1. The van der Waals surface area contributed by atoms with Crippen LogP contribution in [0.4, 0.5) is 4.39 Å². The number of fused-ring (bicyclic) bond motifs is 3. The fourth-order valence-electron chi connectivity index (χ4n) is 2.08. The molecule has 0 radical (unpaired) electrons. The molecule has 0 unspecified atom stereocenters. The summed E-state index contributed by atoms with van der Waals surface area (Å²) in [6.07, 6.45) is 0.754. The Kier molecular flexibility index (Phi) is 1.59. The molecule has 3 rings (SSSR count). The Morgan fingerprint density at radius 2 is 2.20 bits per heavy atom. The number of halogens is 1. The van der Waals surface area contributed by atoms with Crippen molar-refractivity contribution in [2.45, 2.75) is 6.42 Å². The lowest BCUT2D eigenvalue weighted by Crippen LogP contribution is -2.31. The lowest BCUT2D eigenvalue weighted by molar-refractivity contribution is 0.0942. The summed E-state index contributed by atoms with van der Waals surface area (Å²) >= 11 is 0. The van der Waals surface area contributed by atoms with Gasteiger partial charge < -0.3 is 10.3 Å². The fraction of sp³-hybridized carbons (Fsp3) is 0.182. The third kappa shape index (κ3) is 1.08. The first-order valence-electron chi connectivity index (χ1n) is 4.84. The van der Waals surface area contributed by atoms with Crippen molar-refractivity contribution >= 4 is 16.8 Å². The van der Waals surface area contributed by atoms with Gasteiger partial charge in [-0.15, -0.1) is 0 Å². The number of carbonyl (C=O) groups is 1. The van der Waals surface area contributed by atoms with Crippen molar-refractivity contribution < 1.29 is 9.18 Å². The third-order valence-corrected chi connectivity index (χ3v) is 2.78. The summed E-state index contributed by atoms with van der Waals surface area (Å²) < 4.78 is 13.4. The molecule has 0 spiro atoms. The fourth-order valence-corrected chi connectivity index (χ4v) is 2.08. The highest BCUT2D eigenvalue weighted by Crippen LogP contribution is 2.26. The van der Waals surface area contributed by atoms with Crippen LogP contribution in [0.2, 0.25) is 0 Å². The van der Waals surface area contributed by atoms with E-state index in [4.69, 9.17) is 0 Å². The van der Waals surface area contributed by atoms with Gasteiger partial charge in [-0.2, -0.15) is 0 Å². The molecule has 0 atom stereocenters. The highest BCUT2D eigenvalue weighted by atomic mass is 19.1. The van der Waals surface area contributed by atoms with Gasteiger partial charge in [0, 0.05) is 11.9 Å².